The maximum absolute atomic E-state index is 11.6. The van der Waals surface area contributed by atoms with Crippen LogP contribution in [0.3, 0.4) is 0 Å². The van der Waals surface area contributed by atoms with Crippen LogP contribution in [-0.2, 0) is 22.9 Å². The summed E-state index contributed by atoms with van der Waals surface area (Å²) in [6.45, 7) is 3.13. The van der Waals surface area contributed by atoms with Crippen LogP contribution in [0.5, 0.6) is 0 Å². The van der Waals surface area contributed by atoms with Gasteiger partial charge in [-0.25, -0.2) is 4.57 Å². The van der Waals surface area contributed by atoms with E-state index in [1.807, 2.05) is 0 Å². The lowest BCUT2D eigenvalue weighted by molar-refractivity contribution is -0.125. The highest BCUT2D eigenvalue weighted by Crippen LogP contribution is 2.49. The third-order valence-electron chi connectivity index (χ3n) is 2.21. The fourth-order valence-corrected chi connectivity index (χ4v) is 2.33. The molecule has 0 aliphatic carbocycles. The van der Waals surface area contributed by atoms with Gasteiger partial charge in [0.2, 0.25) is 5.12 Å². The Balaban J connectivity index is 4.55. The van der Waals surface area contributed by atoms with Crippen molar-refractivity contribution >= 4 is 24.7 Å². The van der Waals surface area contributed by atoms with E-state index >= 15 is 0 Å². The number of rotatable bonds is 7. The summed E-state index contributed by atoms with van der Waals surface area (Å²) in [7, 11) is -1.19. The lowest BCUT2D eigenvalue weighted by Crippen LogP contribution is -2.38. The zero-order valence-corrected chi connectivity index (χ0v) is 12.3. The second kappa shape index (κ2) is 6.87. The number of carbonyl (C=O) groups excluding carboxylic acids is 1. The Morgan fingerprint density at radius 2 is 1.88 bits per heavy atom. The van der Waals surface area contributed by atoms with Gasteiger partial charge in [-0.1, -0.05) is 25.6 Å². The minimum atomic E-state index is -3.59. The number of phosphoric ester groups is 1. The summed E-state index contributed by atoms with van der Waals surface area (Å²) >= 11 is 0.929. The van der Waals surface area contributed by atoms with Gasteiger partial charge in [-0.15, -0.1) is 0 Å². The van der Waals surface area contributed by atoms with Crippen molar-refractivity contribution in [3.8, 4) is 0 Å². The normalized spacial score (nSPS) is 14.7. The highest BCUT2D eigenvalue weighted by Gasteiger charge is 2.36. The molecule has 0 saturated heterocycles. The lowest BCUT2D eigenvalue weighted by atomic mass is 9.88. The Morgan fingerprint density at radius 1 is 1.41 bits per heavy atom. The fourth-order valence-electron chi connectivity index (χ4n) is 0.935. The number of thioether (sulfide) groups is 1. The summed E-state index contributed by atoms with van der Waals surface area (Å²) in [5.41, 5.74) is -0.882. The SMILES string of the molecule is COP(=O)(OC)OCC(C)(C)C(O)C(=O)SC. The van der Waals surface area contributed by atoms with Gasteiger partial charge in [-0.2, -0.15) is 0 Å². The van der Waals surface area contributed by atoms with Gasteiger partial charge in [0.25, 0.3) is 0 Å². The number of hydrogen-bond donors (Lipinski definition) is 1. The molecule has 0 fully saturated rings. The molecule has 8 heteroatoms. The number of phosphoric acid groups is 1. The summed E-state index contributed by atoms with van der Waals surface area (Å²) in [5.74, 6) is 0. The quantitative estimate of drug-likeness (QED) is 0.713. The van der Waals surface area contributed by atoms with Crippen LogP contribution in [0.15, 0.2) is 0 Å². The van der Waals surface area contributed by atoms with Gasteiger partial charge in [0, 0.05) is 19.6 Å². The van der Waals surface area contributed by atoms with Crippen molar-refractivity contribution in [3.63, 3.8) is 0 Å². The molecule has 0 aliphatic rings. The molecule has 0 amide bonds. The molecular weight excluding hydrogens is 267 g/mol. The smallest absolute Gasteiger partial charge is 0.384 e. The predicted octanol–water partition coefficient (Wildman–Crippen LogP) is 1.68. The maximum Gasteiger partial charge on any atom is 0.474 e. The monoisotopic (exact) mass is 286 g/mol. The van der Waals surface area contributed by atoms with Crippen molar-refractivity contribution in [1.82, 2.24) is 0 Å². The molecule has 1 N–H and O–H groups in total. The molecule has 0 aromatic heterocycles. The summed E-state index contributed by atoms with van der Waals surface area (Å²) in [6.07, 6.45) is 0.372. The van der Waals surface area contributed by atoms with E-state index in [9.17, 15) is 14.5 Å². The molecule has 102 valence electrons. The third kappa shape index (κ3) is 5.07. The van der Waals surface area contributed by atoms with Crippen molar-refractivity contribution < 1.29 is 28.0 Å². The first kappa shape index (κ1) is 17.1. The maximum atomic E-state index is 11.6. The molecule has 0 aromatic carbocycles. The Hall–Kier alpha value is 0.0900. The molecular formula is C9H19O6PS. The fraction of sp³-hybridized carbons (Fsp3) is 0.889. The van der Waals surface area contributed by atoms with E-state index in [-0.39, 0.29) is 11.7 Å². The van der Waals surface area contributed by atoms with E-state index in [1.165, 1.54) is 14.2 Å². The van der Waals surface area contributed by atoms with Crippen LogP contribution in [0.25, 0.3) is 0 Å². The van der Waals surface area contributed by atoms with E-state index in [4.69, 9.17) is 4.52 Å². The number of carbonyl (C=O) groups is 1. The molecule has 0 spiro atoms. The van der Waals surface area contributed by atoms with Gasteiger partial charge in [0.1, 0.15) is 6.10 Å². The summed E-state index contributed by atoms with van der Waals surface area (Å²) < 4.78 is 25.8. The van der Waals surface area contributed by atoms with E-state index in [2.05, 4.69) is 9.05 Å². The summed E-state index contributed by atoms with van der Waals surface area (Å²) in [6, 6.07) is 0. The second-order valence-electron chi connectivity index (χ2n) is 4.00. The van der Waals surface area contributed by atoms with E-state index in [0.717, 1.165) is 11.8 Å². The third-order valence-corrected chi connectivity index (χ3v) is 4.17. The van der Waals surface area contributed by atoms with E-state index < -0.39 is 19.3 Å². The lowest BCUT2D eigenvalue weighted by Gasteiger charge is -2.29. The first-order valence-corrected chi connectivity index (χ1v) is 7.53. The van der Waals surface area contributed by atoms with Crippen LogP contribution >= 0.6 is 19.6 Å². The molecule has 17 heavy (non-hydrogen) atoms. The zero-order valence-electron chi connectivity index (χ0n) is 10.6. The minimum Gasteiger partial charge on any atom is -0.384 e. The van der Waals surface area contributed by atoms with Crippen molar-refractivity contribution in [2.24, 2.45) is 5.41 Å². The molecule has 0 bridgehead atoms. The molecule has 0 rings (SSSR count). The molecule has 6 nitrogen and oxygen atoms in total. The molecule has 0 radical (unpaired) electrons. The van der Waals surface area contributed by atoms with Crippen LogP contribution in [0.4, 0.5) is 0 Å². The van der Waals surface area contributed by atoms with Crippen molar-refractivity contribution in [3.05, 3.63) is 0 Å². The Bertz CT molecular complexity index is 298. The number of aliphatic hydroxyl groups excluding tert-OH is 1. The van der Waals surface area contributed by atoms with Gasteiger partial charge in [0.05, 0.1) is 6.61 Å². The summed E-state index contributed by atoms with van der Waals surface area (Å²) in [4.78, 5) is 11.3. The van der Waals surface area contributed by atoms with Crippen LogP contribution in [-0.4, -0.2) is 43.4 Å². The molecule has 1 atom stereocenters. The average molecular weight is 286 g/mol. The molecule has 0 aliphatic heterocycles. The van der Waals surface area contributed by atoms with Crippen molar-refractivity contribution in [2.75, 3.05) is 27.1 Å². The molecule has 1 unspecified atom stereocenters. The summed E-state index contributed by atoms with van der Waals surface area (Å²) in [5, 5.41) is 9.39. The highest BCUT2D eigenvalue weighted by atomic mass is 32.2. The molecule has 0 saturated carbocycles. The first-order valence-electron chi connectivity index (χ1n) is 4.84. The van der Waals surface area contributed by atoms with E-state index in [1.54, 1.807) is 20.1 Å². The van der Waals surface area contributed by atoms with Crippen LogP contribution in [0.2, 0.25) is 0 Å². The van der Waals surface area contributed by atoms with Gasteiger partial charge < -0.3 is 5.11 Å². The van der Waals surface area contributed by atoms with Crippen LogP contribution in [0, 0.1) is 5.41 Å². The largest absolute Gasteiger partial charge is 0.474 e. The standard InChI is InChI=1S/C9H19O6PS/c1-9(2,7(10)8(11)17-5)6-15-16(12,13-3)14-4/h7,10H,6H2,1-5H3. The van der Waals surface area contributed by atoms with Crippen molar-refractivity contribution in [2.45, 2.75) is 20.0 Å². The number of hydrogen-bond acceptors (Lipinski definition) is 7. The highest BCUT2D eigenvalue weighted by molar-refractivity contribution is 8.13. The topological polar surface area (TPSA) is 82.1 Å². The van der Waals surface area contributed by atoms with E-state index in [0.29, 0.717) is 0 Å². The van der Waals surface area contributed by atoms with Gasteiger partial charge in [0.15, 0.2) is 0 Å². The Morgan fingerprint density at radius 3 is 2.24 bits per heavy atom. The van der Waals surface area contributed by atoms with Crippen molar-refractivity contribution in [1.29, 1.82) is 0 Å². The van der Waals surface area contributed by atoms with Gasteiger partial charge >= 0.3 is 7.82 Å². The Labute approximate surface area is 106 Å². The van der Waals surface area contributed by atoms with Gasteiger partial charge in [-0.3, -0.25) is 18.4 Å². The average Bonchev–Trinajstić information content (AvgIpc) is 2.34. The van der Waals surface area contributed by atoms with Crippen LogP contribution in [0.1, 0.15) is 13.8 Å². The van der Waals surface area contributed by atoms with Gasteiger partial charge in [-0.05, 0) is 6.26 Å². The minimum absolute atomic E-state index is 0.126. The van der Waals surface area contributed by atoms with Crippen LogP contribution < -0.4 is 0 Å². The second-order valence-corrected chi connectivity index (χ2v) is 6.69. The first-order chi connectivity index (χ1) is 7.72. The predicted molar refractivity (Wildman–Crippen MR) is 65.9 cm³/mol. The Kier molecular flexibility index (Phi) is 6.91. The molecule has 0 heterocycles. The number of aliphatic hydroxyl groups is 1. The zero-order chi connectivity index (χ0) is 13.7. The molecule has 0 aromatic rings.